The highest BCUT2D eigenvalue weighted by Crippen LogP contribution is 2.26. The Morgan fingerprint density at radius 2 is 1.85 bits per heavy atom. The van der Waals surface area contributed by atoms with E-state index in [1.165, 1.54) is 0 Å². The number of hydrogen-bond acceptors (Lipinski definition) is 5. The SMILES string of the molecule is O=C1NCCc2c(NC3CCCCNC3=O)nc(-c3ccccc3)nc21. The van der Waals surface area contributed by atoms with Crippen LogP contribution in [0.5, 0.6) is 0 Å². The van der Waals surface area contributed by atoms with Crippen molar-refractivity contribution in [3.8, 4) is 11.4 Å². The Morgan fingerprint density at radius 1 is 1.00 bits per heavy atom. The number of nitrogens with one attached hydrogen (secondary N) is 3. The Labute approximate surface area is 151 Å². The van der Waals surface area contributed by atoms with E-state index in [-0.39, 0.29) is 17.9 Å². The molecule has 26 heavy (non-hydrogen) atoms. The van der Waals surface area contributed by atoms with E-state index >= 15 is 0 Å². The third-order valence-electron chi connectivity index (χ3n) is 4.76. The van der Waals surface area contributed by atoms with Crippen LogP contribution in [0.2, 0.25) is 0 Å². The van der Waals surface area contributed by atoms with Gasteiger partial charge in [0.1, 0.15) is 17.6 Å². The predicted molar refractivity (Wildman–Crippen MR) is 97.8 cm³/mol. The molecule has 2 amide bonds. The summed E-state index contributed by atoms with van der Waals surface area (Å²) in [4.78, 5) is 33.8. The molecule has 7 nitrogen and oxygen atoms in total. The Morgan fingerprint density at radius 3 is 2.69 bits per heavy atom. The van der Waals surface area contributed by atoms with Gasteiger partial charge in [-0.25, -0.2) is 9.97 Å². The maximum absolute atomic E-state index is 12.3. The minimum absolute atomic E-state index is 0.0172. The molecular formula is C19H21N5O2. The molecule has 1 fully saturated rings. The number of carbonyl (C=O) groups is 2. The molecule has 1 aromatic heterocycles. The molecule has 2 aromatic rings. The van der Waals surface area contributed by atoms with E-state index in [0.29, 0.717) is 36.8 Å². The number of anilines is 1. The van der Waals surface area contributed by atoms with Crippen LogP contribution in [0, 0.1) is 0 Å². The highest BCUT2D eigenvalue weighted by atomic mass is 16.2. The van der Waals surface area contributed by atoms with Crippen molar-refractivity contribution in [2.75, 3.05) is 18.4 Å². The minimum Gasteiger partial charge on any atom is -0.358 e. The van der Waals surface area contributed by atoms with Crippen molar-refractivity contribution < 1.29 is 9.59 Å². The lowest BCUT2D eigenvalue weighted by Gasteiger charge is -2.23. The molecule has 4 rings (SSSR count). The number of fused-ring (bicyclic) bond motifs is 1. The fourth-order valence-corrected chi connectivity index (χ4v) is 3.37. The number of amides is 2. The lowest BCUT2D eigenvalue weighted by Crippen LogP contribution is -2.39. The zero-order valence-electron chi connectivity index (χ0n) is 14.4. The molecule has 2 aliphatic heterocycles. The van der Waals surface area contributed by atoms with E-state index in [0.717, 1.165) is 30.4 Å². The number of aromatic nitrogens is 2. The standard InChI is InChI=1S/C19H21N5O2/c25-18-14(8-4-5-10-20-18)22-17-13-9-11-21-19(26)15(13)23-16(24-17)12-6-2-1-3-7-12/h1-3,6-7,14H,4-5,8-11H2,(H,20,25)(H,21,26)(H,22,23,24). The number of carbonyl (C=O) groups excluding carboxylic acids is 2. The molecule has 0 bridgehead atoms. The number of hydrogen-bond donors (Lipinski definition) is 3. The van der Waals surface area contributed by atoms with Crippen molar-refractivity contribution in [3.05, 3.63) is 41.6 Å². The highest BCUT2D eigenvalue weighted by molar-refractivity contribution is 5.97. The Balaban J connectivity index is 1.75. The van der Waals surface area contributed by atoms with Gasteiger partial charge in [-0.2, -0.15) is 0 Å². The van der Waals surface area contributed by atoms with Crippen molar-refractivity contribution in [1.82, 2.24) is 20.6 Å². The Bertz CT molecular complexity index is 837. The van der Waals surface area contributed by atoms with Crippen LogP contribution in [0.25, 0.3) is 11.4 Å². The van der Waals surface area contributed by atoms with Crippen molar-refractivity contribution in [2.24, 2.45) is 0 Å². The van der Waals surface area contributed by atoms with Gasteiger partial charge < -0.3 is 16.0 Å². The van der Waals surface area contributed by atoms with Gasteiger partial charge in [0.05, 0.1) is 0 Å². The smallest absolute Gasteiger partial charge is 0.270 e. The topological polar surface area (TPSA) is 96.0 Å². The molecule has 134 valence electrons. The van der Waals surface area contributed by atoms with Crippen molar-refractivity contribution in [1.29, 1.82) is 0 Å². The molecular weight excluding hydrogens is 330 g/mol. The first-order valence-corrected chi connectivity index (χ1v) is 9.01. The number of rotatable bonds is 3. The van der Waals surface area contributed by atoms with Crippen LogP contribution in [0.15, 0.2) is 30.3 Å². The maximum Gasteiger partial charge on any atom is 0.270 e. The van der Waals surface area contributed by atoms with E-state index in [9.17, 15) is 9.59 Å². The Hall–Kier alpha value is -2.96. The quantitative estimate of drug-likeness (QED) is 0.779. The molecule has 0 spiro atoms. The molecule has 1 aromatic carbocycles. The molecule has 0 radical (unpaired) electrons. The van der Waals surface area contributed by atoms with Gasteiger partial charge in [-0.3, -0.25) is 9.59 Å². The van der Waals surface area contributed by atoms with Crippen molar-refractivity contribution in [2.45, 2.75) is 31.7 Å². The van der Waals surface area contributed by atoms with E-state index in [1.807, 2.05) is 30.3 Å². The van der Waals surface area contributed by atoms with Gasteiger partial charge in [-0.05, 0) is 25.7 Å². The van der Waals surface area contributed by atoms with Gasteiger partial charge in [-0.15, -0.1) is 0 Å². The van der Waals surface area contributed by atoms with E-state index in [1.54, 1.807) is 0 Å². The average molecular weight is 351 g/mol. The molecule has 3 N–H and O–H groups in total. The summed E-state index contributed by atoms with van der Waals surface area (Å²) in [6.45, 7) is 1.25. The van der Waals surface area contributed by atoms with Crippen LogP contribution in [-0.4, -0.2) is 40.9 Å². The van der Waals surface area contributed by atoms with E-state index in [4.69, 9.17) is 0 Å². The van der Waals surface area contributed by atoms with Gasteiger partial charge in [0, 0.05) is 24.2 Å². The van der Waals surface area contributed by atoms with Crippen LogP contribution in [0.3, 0.4) is 0 Å². The van der Waals surface area contributed by atoms with Gasteiger partial charge in [0.2, 0.25) is 5.91 Å². The summed E-state index contributed by atoms with van der Waals surface area (Å²) in [5, 5.41) is 9.04. The van der Waals surface area contributed by atoms with Crippen molar-refractivity contribution >= 4 is 17.6 Å². The normalized spacial score (nSPS) is 19.8. The fraction of sp³-hybridized carbons (Fsp3) is 0.368. The summed E-state index contributed by atoms with van der Waals surface area (Å²) >= 11 is 0. The van der Waals surface area contributed by atoms with Gasteiger partial charge >= 0.3 is 0 Å². The van der Waals surface area contributed by atoms with Gasteiger partial charge in [0.25, 0.3) is 5.91 Å². The second kappa shape index (κ2) is 7.11. The first kappa shape index (κ1) is 16.5. The average Bonchev–Trinajstić information content (AvgIpc) is 2.87. The monoisotopic (exact) mass is 351 g/mol. The summed E-state index contributed by atoms with van der Waals surface area (Å²) < 4.78 is 0. The van der Waals surface area contributed by atoms with Crippen LogP contribution in [0.4, 0.5) is 5.82 Å². The number of nitrogens with zero attached hydrogens (tertiary/aromatic N) is 2. The van der Waals surface area contributed by atoms with Crippen LogP contribution in [-0.2, 0) is 11.2 Å². The molecule has 1 unspecified atom stereocenters. The zero-order valence-corrected chi connectivity index (χ0v) is 14.4. The lowest BCUT2D eigenvalue weighted by molar-refractivity contribution is -0.121. The third kappa shape index (κ3) is 3.24. The zero-order chi connectivity index (χ0) is 17.9. The molecule has 0 aliphatic carbocycles. The number of benzene rings is 1. The van der Waals surface area contributed by atoms with E-state index in [2.05, 4.69) is 25.9 Å². The predicted octanol–water partition coefficient (Wildman–Crippen LogP) is 1.51. The minimum atomic E-state index is -0.342. The summed E-state index contributed by atoms with van der Waals surface area (Å²) in [5.41, 5.74) is 2.01. The van der Waals surface area contributed by atoms with Gasteiger partial charge in [-0.1, -0.05) is 30.3 Å². The molecule has 0 saturated carbocycles. The molecule has 1 atom stereocenters. The highest BCUT2D eigenvalue weighted by Gasteiger charge is 2.27. The summed E-state index contributed by atoms with van der Waals surface area (Å²) in [6.07, 6.45) is 3.34. The molecule has 7 heteroatoms. The van der Waals surface area contributed by atoms with E-state index < -0.39 is 0 Å². The summed E-state index contributed by atoms with van der Waals surface area (Å²) in [5.74, 6) is 0.860. The lowest BCUT2D eigenvalue weighted by atomic mass is 10.0. The first-order valence-electron chi connectivity index (χ1n) is 9.01. The van der Waals surface area contributed by atoms with Gasteiger partial charge in [0.15, 0.2) is 5.82 Å². The third-order valence-corrected chi connectivity index (χ3v) is 4.76. The second-order valence-corrected chi connectivity index (χ2v) is 6.58. The first-order chi connectivity index (χ1) is 12.7. The second-order valence-electron chi connectivity index (χ2n) is 6.58. The van der Waals surface area contributed by atoms with Crippen LogP contribution in [0.1, 0.15) is 35.3 Å². The molecule has 2 aliphatic rings. The summed E-state index contributed by atoms with van der Waals surface area (Å²) in [6, 6.07) is 9.21. The largest absolute Gasteiger partial charge is 0.358 e. The van der Waals surface area contributed by atoms with Crippen LogP contribution < -0.4 is 16.0 Å². The molecule has 3 heterocycles. The summed E-state index contributed by atoms with van der Waals surface area (Å²) in [7, 11) is 0. The maximum atomic E-state index is 12.3. The van der Waals surface area contributed by atoms with Crippen molar-refractivity contribution in [3.63, 3.8) is 0 Å². The Kier molecular flexibility index (Phi) is 4.51. The fourth-order valence-electron chi connectivity index (χ4n) is 3.37. The van der Waals surface area contributed by atoms with Crippen LogP contribution >= 0.6 is 0 Å². The molecule has 1 saturated heterocycles.